The lowest BCUT2D eigenvalue weighted by atomic mass is 10.3. The normalized spacial score (nSPS) is 11.8. The third kappa shape index (κ3) is 4.19. The zero-order chi connectivity index (χ0) is 14.5. The fourth-order valence-electron chi connectivity index (χ4n) is 1.39. The topological polar surface area (TPSA) is 58.2 Å². The number of hydrogen-bond donors (Lipinski definition) is 2. The van der Waals surface area contributed by atoms with Gasteiger partial charge in [0.05, 0.1) is 0 Å². The number of rotatable bonds is 7. The smallest absolute Gasteiger partial charge is 0.243 e. The van der Waals surface area contributed by atoms with E-state index >= 15 is 0 Å². The molecule has 0 saturated heterocycles. The lowest BCUT2D eigenvalue weighted by Gasteiger charge is -2.08. The Bertz CT molecular complexity index is 535. The molecule has 0 heterocycles. The summed E-state index contributed by atoms with van der Waals surface area (Å²) >= 11 is 0. The van der Waals surface area contributed by atoms with Gasteiger partial charge in [-0.1, -0.05) is 6.92 Å². The minimum atomic E-state index is -4.18. The van der Waals surface area contributed by atoms with Gasteiger partial charge in [0.2, 0.25) is 10.0 Å². The van der Waals surface area contributed by atoms with E-state index in [4.69, 9.17) is 0 Å². The van der Waals surface area contributed by atoms with Crippen molar-refractivity contribution in [3.63, 3.8) is 0 Å². The van der Waals surface area contributed by atoms with Crippen LogP contribution < -0.4 is 10.0 Å². The summed E-state index contributed by atoms with van der Waals surface area (Å²) in [7, 11) is -4.18. The molecule has 0 fully saturated rings. The van der Waals surface area contributed by atoms with Gasteiger partial charge in [-0.2, -0.15) is 0 Å². The Morgan fingerprint density at radius 2 is 1.79 bits per heavy atom. The first-order chi connectivity index (χ1) is 8.90. The van der Waals surface area contributed by atoms with E-state index in [1.54, 1.807) is 0 Å². The van der Waals surface area contributed by atoms with Crippen LogP contribution in [0.3, 0.4) is 0 Å². The molecule has 0 spiro atoms. The fourth-order valence-corrected chi connectivity index (χ4v) is 2.53. The summed E-state index contributed by atoms with van der Waals surface area (Å²) in [5.74, 6) is -4.93. The molecule has 4 nitrogen and oxygen atoms in total. The van der Waals surface area contributed by atoms with Gasteiger partial charge in [-0.25, -0.2) is 26.3 Å². The zero-order valence-corrected chi connectivity index (χ0v) is 11.2. The second-order valence-corrected chi connectivity index (χ2v) is 5.51. The summed E-state index contributed by atoms with van der Waals surface area (Å²) in [6.07, 6.45) is 0.498. The predicted octanol–water partition coefficient (Wildman–Crippen LogP) is 1.38. The zero-order valence-electron chi connectivity index (χ0n) is 10.3. The maximum absolute atomic E-state index is 13.3. The highest BCUT2D eigenvalue weighted by Crippen LogP contribution is 2.19. The van der Waals surface area contributed by atoms with Crippen LogP contribution in [0.2, 0.25) is 0 Å². The maximum Gasteiger partial charge on any atom is 0.243 e. The molecule has 1 aromatic carbocycles. The van der Waals surface area contributed by atoms with Crippen molar-refractivity contribution in [3.05, 3.63) is 29.6 Å². The molecule has 0 aliphatic heterocycles. The molecule has 0 aromatic heterocycles. The Morgan fingerprint density at radius 3 is 2.42 bits per heavy atom. The average molecular weight is 296 g/mol. The molecule has 0 aliphatic carbocycles. The van der Waals surface area contributed by atoms with E-state index < -0.39 is 32.4 Å². The van der Waals surface area contributed by atoms with Gasteiger partial charge in [0.15, 0.2) is 17.5 Å². The van der Waals surface area contributed by atoms with Crippen molar-refractivity contribution in [3.8, 4) is 0 Å². The molecule has 8 heteroatoms. The van der Waals surface area contributed by atoms with Crippen molar-refractivity contribution in [2.75, 3.05) is 19.6 Å². The van der Waals surface area contributed by atoms with Gasteiger partial charge in [-0.15, -0.1) is 0 Å². The monoisotopic (exact) mass is 296 g/mol. The average Bonchev–Trinajstić information content (AvgIpc) is 2.35. The van der Waals surface area contributed by atoms with Crippen LogP contribution in [0.25, 0.3) is 0 Å². The minimum Gasteiger partial charge on any atom is -0.317 e. The second kappa shape index (κ2) is 6.88. The Balaban J connectivity index is 2.75. The quantitative estimate of drug-likeness (QED) is 0.590. The maximum atomic E-state index is 13.3. The van der Waals surface area contributed by atoms with Gasteiger partial charge >= 0.3 is 0 Å². The summed E-state index contributed by atoms with van der Waals surface area (Å²) < 4.78 is 64.5. The second-order valence-electron chi connectivity index (χ2n) is 3.78. The molecular weight excluding hydrogens is 281 g/mol. The van der Waals surface area contributed by atoms with E-state index in [0.717, 1.165) is 6.54 Å². The van der Waals surface area contributed by atoms with E-state index in [0.29, 0.717) is 25.1 Å². The van der Waals surface area contributed by atoms with E-state index in [2.05, 4.69) is 10.0 Å². The minimum absolute atomic E-state index is 0.0772. The van der Waals surface area contributed by atoms with E-state index in [-0.39, 0.29) is 6.54 Å². The van der Waals surface area contributed by atoms with Gasteiger partial charge < -0.3 is 5.32 Å². The van der Waals surface area contributed by atoms with Crippen LogP contribution in [0.15, 0.2) is 17.0 Å². The Labute approximate surface area is 110 Å². The number of benzene rings is 1. The number of nitrogens with one attached hydrogen (secondary N) is 2. The van der Waals surface area contributed by atoms with Crippen LogP contribution in [0.5, 0.6) is 0 Å². The molecule has 0 unspecified atom stereocenters. The van der Waals surface area contributed by atoms with E-state index in [1.807, 2.05) is 6.92 Å². The highest BCUT2D eigenvalue weighted by molar-refractivity contribution is 7.89. The number of hydrogen-bond acceptors (Lipinski definition) is 3. The lowest BCUT2D eigenvalue weighted by Crippen LogP contribution is -2.28. The molecule has 0 aliphatic rings. The van der Waals surface area contributed by atoms with Crippen LogP contribution in [0.1, 0.15) is 13.3 Å². The summed E-state index contributed by atoms with van der Waals surface area (Å²) in [4.78, 5) is -0.894. The van der Waals surface area contributed by atoms with Crippen LogP contribution >= 0.6 is 0 Å². The molecule has 1 rings (SSSR count). The predicted molar refractivity (Wildman–Crippen MR) is 64.7 cm³/mol. The Kier molecular flexibility index (Phi) is 5.77. The van der Waals surface area contributed by atoms with Crippen LogP contribution in [-0.2, 0) is 10.0 Å². The molecule has 0 radical (unpaired) electrons. The molecule has 108 valence electrons. The van der Waals surface area contributed by atoms with E-state index in [1.165, 1.54) is 0 Å². The fraction of sp³-hybridized carbons (Fsp3) is 0.455. The third-order valence-corrected chi connectivity index (χ3v) is 3.84. The van der Waals surface area contributed by atoms with Crippen molar-refractivity contribution >= 4 is 10.0 Å². The Morgan fingerprint density at radius 1 is 1.11 bits per heavy atom. The Hall–Kier alpha value is -1.12. The summed E-state index contributed by atoms with van der Waals surface area (Å²) in [6.45, 7) is 3.33. The molecule has 0 saturated carbocycles. The van der Waals surface area contributed by atoms with Gasteiger partial charge in [0.1, 0.15) is 4.90 Å². The van der Waals surface area contributed by atoms with Crippen molar-refractivity contribution in [1.82, 2.24) is 10.0 Å². The molecule has 0 amide bonds. The first kappa shape index (κ1) is 15.9. The number of sulfonamides is 1. The highest BCUT2D eigenvalue weighted by atomic mass is 32.2. The van der Waals surface area contributed by atoms with Gasteiger partial charge in [0, 0.05) is 6.54 Å². The van der Waals surface area contributed by atoms with Crippen LogP contribution in [0, 0.1) is 17.5 Å². The third-order valence-electron chi connectivity index (χ3n) is 2.36. The van der Waals surface area contributed by atoms with Crippen molar-refractivity contribution < 1.29 is 21.6 Å². The molecule has 0 bridgehead atoms. The molecule has 1 aromatic rings. The van der Waals surface area contributed by atoms with E-state index in [9.17, 15) is 21.6 Å². The van der Waals surface area contributed by atoms with Crippen LogP contribution in [0.4, 0.5) is 13.2 Å². The summed E-state index contributed by atoms with van der Waals surface area (Å²) in [5.41, 5.74) is 0. The van der Waals surface area contributed by atoms with Crippen molar-refractivity contribution in [2.45, 2.75) is 18.2 Å². The summed E-state index contributed by atoms with van der Waals surface area (Å²) in [6, 6.07) is 1.27. The first-order valence-electron chi connectivity index (χ1n) is 5.74. The van der Waals surface area contributed by atoms with Gasteiger partial charge in [0.25, 0.3) is 0 Å². The molecule has 2 N–H and O–H groups in total. The summed E-state index contributed by atoms with van der Waals surface area (Å²) in [5, 5.41) is 2.98. The lowest BCUT2D eigenvalue weighted by molar-refractivity contribution is 0.431. The van der Waals surface area contributed by atoms with Gasteiger partial charge in [-0.3, -0.25) is 0 Å². The van der Waals surface area contributed by atoms with Crippen LogP contribution in [-0.4, -0.2) is 28.1 Å². The highest BCUT2D eigenvalue weighted by Gasteiger charge is 2.23. The van der Waals surface area contributed by atoms with Gasteiger partial charge in [-0.05, 0) is 31.6 Å². The van der Waals surface area contributed by atoms with Crippen molar-refractivity contribution in [2.24, 2.45) is 0 Å². The van der Waals surface area contributed by atoms with Crippen molar-refractivity contribution in [1.29, 1.82) is 0 Å². The molecule has 0 atom stereocenters. The number of halogens is 3. The first-order valence-corrected chi connectivity index (χ1v) is 7.22. The molecular formula is C11H15F3N2O2S. The standard InChI is InChI=1S/C11H15F3N2O2S/c1-2-15-6-3-7-16-19(17,18)9-5-4-8(12)10(13)11(9)14/h4-5,15-16H,2-3,6-7H2,1H3. The largest absolute Gasteiger partial charge is 0.317 e. The SMILES string of the molecule is CCNCCCNS(=O)(=O)c1ccc(F)c(F)c1F. The molecule has 19 heavy (non-hydrogen) atoms.